The number of hydrogen-bond acceptors (Lipinski definition) is 7. The van der Waals surface area contributed by atoms with Crippen molar-refractivity contribution in [3.8, 4) is 17.2 Å². The molecule has 0 heterocycles. The second-order valence-electron chi connectivity index (χ2n) is 6.07. The Labute approximate surface area is 131 Å². The summed E-state index contributed by atoms with van der Waals surface area (Å²) in [6.07, 6.45) is -1.61. The van der Waals surface area contributed by atoms with Gasteiger partial charge >= 0.3 is 0 Å². The van der Waals surface area contributed by atoms with Crippen LogP contribution in [0.4, 0.5) is 0 Å². The number of Topliss-reactive ketones (excluding diaryl/α,β-unsaturated/α-hetero) is 2. The van der Waals surface area contributed by atoms with Gasteiger partial charge in [0.1, 0.15) is 5.75 Å². The molecule has 7 heteroatoms. The van der Waals surface area contributed by atoms with Gasteiger partial charge in [0.05, 0.1) is 29.9 Å². The van der Waals surface area contributed by atoms with E-state index in [-0.39, 0.29) is 40.9 Å². The van der Waals surface area contributed by atoms with Crippen LogP contribution in [0.5, 0.6) is 17.2 Å². The van der Waals surface area contributed by atoms with Crippen molar-refractivity contribution in [1.29, 1.82) is 0 Å². The minimum absolute atomic E-state index is 0.0424. The Morgan fingerprint density at radius 3 is 2.39 bits per heavy atom. The molecule has 2 aliphatic carbocycles. The first-order valence-electron chi connectivity index (χ1n) is 7.03. The zero-order valence-electron chi connectivity index (χ0n) is 12.6. The van der Waals surface area contributed by atoms with E-state index in [0.29, 0.717) is 0 Å². The highest BCUT2D eigenvalue weighted by atomic mass is 16.5. The van der Waals surface area contributed by atoms with Gasteiger partial charge in [-0.2, -0.15) is 0 Å². The van der Waals surface area contributed by atoms with E-state index in [4.69, 9.17) is 4.74 Å². The fraction of sp³-hybridized carbons (Fsp3) is 0.375. The van der Waals surface area contributed by atoms with E-state index in [2.05, 4.69) is 0 Å². The number of fused-ring (bicyclic) bond motifs is 1. The third-order valence-electron chi connectivity index (χ3n) is 4.48. The minimum atomic E-state index is -1.55. The molecule has 4 N–H and O–H groups in total. The Morgan fingerprint density at radius 2 is 1.78 bits per heavy atom. The van der Waals surface area contributed by atoms with E-state index in [9.17, 15) is 30.0 Å². The van der Waals surface area contributed by atoms with Gasteiger partial charge < -0.3 is 25.2 Å². The number of carbonyl (C=O) groups excluding carboxylic acids is 2. The first-order chi connectivity index (χ1) is 10.7. The summed E-state index contributed by atoms with van der Waals surface area (Å²) < 4.78 is 4.89. The molecule has 0 radical (unpaired) electrons. The number of ketones is 2. The third-order valence-corrected chi connectivity index (χ3v) is 4.48. The van der Waals surface area contributed by atoms with Crippen molar-refractivity contribution >= 4 is 11.6 Å². The molecule has 7 nitrogen and oxygen atoms in total. The maximum atomic E-state index is 12.7. The first-order valence-corrected chi connectivity index (χ1v) is 7.03. The van der Waals surface area contributed by atoms with Gasteiger partial charge in [-0.1, -0.05) is 0 Å². The average Bonchev–Trinajstić information content (AvgIpc) is 2.48. The number of hydrogen-bond donors (Lipinski definition) is 4. The molecule has 2 atom stereocenters. The highest BCUT2D eigenvalue weighted by molar-refractivity contribution is 6.29. The van der Waals surface area contributed by atoms with E-state index in [0.717, 1.165) is 6.07 Å². The number of phenols is 2. The first kappa shape index (κ1) is 15.5. The number of rotatable bonds is 1. The maximum absolute atomic E-state index is 12.7. The number of aliphatic hydroxyl groups excluding tert-OH is 1. The summed E-state index contributed by atoms with van der Waals surface area (Å²) in [5.74, 6) is -2.44. The molecule has 2 unspecified atom stereocenters. The summed E-state index contributed by atoms with van der Waals surface area (Å²) in [6, 6.07) is 1.06. The third kappa shape index (κ3) is 2.04. The van der Waals surface area contributed by atoms with Crippen LogP contribution in [-0.2, 0) is 0 Å². The zero-order chi connectivity index (χ0) is 17.1. The summed E-state index contributed by atoms with van der Waals surface area (Å²) in [4.78, 5) is 25.3. The molecule has 0 fully saturated rings. The van der Waals surface area contributed by atoms with Gasteiger partial charge in [0.2, 0.25) is 0 Å². The van der Waals surface area contributed by atoms with Crippen molar-refractivity contribution in [2.24, 2.45) is 0 Å². The van der Waals surface area contributed by atoms with Crippen molar-refractivity contribution in [2.75, 3.05) is 7.11 Å². The lowest BCUT2D eigenvalue weighted by Gasteiger charge is -2.37. The van der Waals surface area contributed by atoms with Crippen molar-refractivity contribution < 1.29 is 34.8 Å². The summed E-state index contributed by atoms with van der Waals surface area (Å²) in [5, 5.41) is 40.3. The molecule has 0 amide bonds. The predicted octanol–water partition coefficient (Wildman–Crippen LogP) is 0.688. The smallest absolute Gasteiger partial charge is 0.194 e. The van der Waals surface area contributed by atoms with Crippen molar-refractivity contribution in [2.45, 2.75) is 31.5 Å². The van der Waals surface area contributed by atoms with Crippen LogP contribution in [-0.4, -0.2) is 50.8 Å². The molecule has 1 aromatic carbocycles. The van der Waals surface area contributed by atoms with Crippen LogP contribution in [0, 0.1) is 0 Å². The van der Waals surface area contributed by atoms with Crippen molar-refractivity contribution in [1.82, 2.24) is 0 Å². The van der Waals surface area contributed by atoms with Crippen molar-refractivity contribution in [3.63, 3.8) is 0 Å². The molecule has 0 saturated heterocycles. The highest BCUT2D eigenvalue weighted by Gasteiger charge is 2.46. The normalized spacial score (nSPS) is 26.9. The molecule has 0 bridgehead atoms. The number of methoxy groups -OCH3 is 1. The summed E-state index contributed by atoms with van der Waals surface area (Å²) in [7, 11) is 1.25. The van der Waals surface area contributed by atoms with Crippen LogP contribution in [0.1, 0.15) is 40.5 Å². The lowest BCUT2D eigenvalue weighted by atomic mass is 9.71. The van der Waals surface area contributed by atoms with Crippen molar-refractivity contribution in [3.05, 3.63) is 28.3 Å². The maximum Gasteiger partial charge on any atom is 0.194 e. The Balaban J connectivity index is 2.25. The van der Waals surface area contributed by atoms with Gasteiger partial charge in [-0.15, -0.1) is 0 Å². The van der Waals surface area contributed by atoms with Gasteiger partial charge in [-0.3, -0.25) is 9.59 Å². The fourth-order valence-corrected chi connectivity index (χ4v) is 3.11. The van der Waals surface area contributed by atoms with E-state index >= 15 is 0 Å². The second kappa shape index (κ2) is 4.81. The van der Waals surface area contributed by atoms with Crippen LogP contribution in [0.3, 0.4) is 0 Å². The molecule has 0 spiro atoms. The molecule has 3 rings (SSSR count). The quantitative estimate of drug-likeness (QED) is 0.561. The molecular formula is C16H16O7. The summed E-state index contributed by atoms with van der Waals surface area (Å²) in [6.45, 7) is 1.37. The molecule has 2 aliphatic rings. The highest BCUT2D eigenvalue weighted by Crippen LogP contribution is 2.47. The molecule has 1 aromatic rings. The summed E-state index contributed by atoms with van der Waals surface area (Å²) in [5.41, 5.74) is -2.09. The largest absolute Gasteiger partial charge is 0.507 e. The molecule has 0 aliphatic heterocycles. The molecule has 23 heavy (non-hydrogen) atoms. The summed E-state index contributed by atoms with van der Waals surface area (Å²) >= 11 is 0. The van der Waals surface area contributed by atoms with E-state index < -0.39 is 34.8 Å². The van der Waals surface area contributed by atoms with Gasteiger partial charge in [-0.25, -0.2) is 0 Å². The lowest BCUT2D eigenvalue weighted by molar-refractivity contribution is -0.0651. The van der Waals surface area contributed by atoms with Crippen LogP contribution < -0.4 is 4.74 Å². The Morgan fingerprint density at radius 1 is 1.17 bits per heavy atom. The van der Waals surface area contributed by atoms with E-state index in [1.54, 1.807) is 0 Å². The van der Waals surface area contributed by atoms with Crippen LogP contribution in [0.25, 0.3) is 0 Å². The number of ether oxygens (including phenoxy) is 1. The lowest BCUT2D eigenvalue weighted by Crippen LogP contribution is -2.46. The minimum Gasteiger partial charge on any atom is -0.507 e. The van der Waals surface area contributed by atoms with Crippen LogP contribution >= 0.6 is 0 Å². The standard InChI is InChI=1S/C16H16O7/c1-16(22)5-7-6(3-10(16)18)13(19)11-8(17)4-9(23-2)15(21)12(11)14(7)20/h4,10,17-18,21-22H,3,5H2,1-2H3. The monoisotopic (exact) mass is 320 g/mol. The number of aliphatic hydroxyl groups is 2. The van der Waals surface area contributed by atoms with E-state index in [1.165, 1.54) is 14.0 Å². The SMILES string of the molecule is COc1cc(O)c2c(c1O)C(=O)C1=C(CC(O)C(C)(O)C1)C2=O. The van der Waals surface area contributed by atoms with Gasteiger partial charge in [0.15, 0.2) is 23.1 Å². The molecule has 0 aromatic heterocycles. The molecule has 0 saturated carbocycles. The Hall–Kier alpha value is -2.38. The van der Waals surface area contributed by atoms with Crippen LogP contribution in [0.2, 0.25) is 0 Å². The predicted molar refractivity (Wildman–Crippen MR) is 77.9 cm³/mol. The van der Waals surface area contributed by atoms with Gasteiger partial charge in [-0.05, 0) is 6.92 Å². The Kier molecular flexibility index (Phi) is 3.24. The molecule has 122 valence electrons. The number of benzene rings is 1. The average molecular weight is 320 g/mol. The topological polar surface area (TPSA) is 124 Å². The van der Waals surface area contributed by atoms with Crippen LogP contribution in [0.15, 0.2) is 17.2 Å². The number of aromatic hydroxyl groups is 2. The zero-order valence-corrected chi connectivity index (χ0v) is 12.6. The number of phenolic OH excluding ortho intramolecular Hbond substituents is 2. The fourth-order valence-electron chi connectivity index (χ4n) is 3.11. The van der Waals surface area contributed by atoms with E-state index in [1.807, 2.05) is 0 Å². The second-order valence-corrected chi connectivity index (χ2v) is 6.07. The number of carbonyl (C=O) groups is 2. The molecular weight excluding hydrogens is 304 g/mol. The Bertz CT molecular complexity index is 773. The van der Waals surface area contributed by atoms with Gasteiger partial charge in [0, 0.05) is 30.1 Å². The van der Waals surface area contributed by atoms with Gasteiger partial charge in [0.25, 0.3) is 0 Å².